The number of thioether (sulfide) groups is 1. The van der Waals surface area contributed by atoms with E-state index in [0.29, 0.717) is 22.5 Å². The highest BCUT2D eigenvalue weighted by molar-refractivity contribution is 7.99. The lowest BCUT2D eigenvalue weighted by Gasteiger charge is -2.06. The summed E-state index contributed by atoms with van der Waals surface area (Å²) in [5.41, 5.74) is 0.716. The molecule has 7 heteroatoms. The molecule has 21 heavy (non-hydrogen) atoms. The Balaban J connectivity index is 1.51. The highest BCUT2D eigenvalue weighted by Gasteiger charge is 2.27. The second-order valence-electron chi connectivity index (χ2n) is 4.85. The van der Waals surface area contributed by atoms with Crippen molar-refractivity contribution in [3.05, 3.63) is 30.1 Å². The molecule has 1 amide bonds. The van der Waals surface area contributed by atoms with Crippen molar-refractivity contribution in [1.82, 2.24) is 15.2 Å². The summed E-state index contributed by atoms with van der Waals surface area (Å²) in [6, 6.07) is 7.26. The zero-order valence-corrected chi connectivity index (χ0v) is 12.4. The van der Waals surface area contributed by atoms with Crippen LogP contribution in [-0.4, -0.2) is 34.0 Å². The first-order valence-corrected chi connectivity index (χ1v) is 7.72. The van der Waals surface area contributed by atoms with E-state index in [1.807, 2.05) is 18.2 Å². The Labute approximate surface area is 126 Å². The Morgan fingerprint density at radius 3 is 3.14 bits per heavy atom. The Hall–Kier alpha value is -2.02. The lowest BCUT2D eigenvalue weighted by molar-refractivity contribution is -0.113. The second kappa shape index (κ2) is 6.17. The van der Waals surface area contributed by atoms with Gasteiger partial charge >= 0.3 is 0 Å². The fraction of sp³-hybridized carbons (Fsp3) is 0.357. The van der Waals surface area contributed by atoms with Crippen LogP contribution in [0.2, 0.25) is 0 Å². The minimum atomic E-state index is -0.0916. The first kappa shape index (κ1) is 13.9. The van der Waals surface area contributed by atoms with Gasteiger partial charge < -0.3 is 10.1 Å². The summed E-state index contributed by atoms with van der Waals surface area (Å²) in [6.07, 6.45) is 2.35. The number of anilines is 1. The third kappa shape index (κ3) is 3.75. The normalized spacial score (nSPS) is 14.0. The average Bonchev–Trinajstić information content (AvgIpc) is 3.24. The molecule has 0 unspecified atom stereocenters. The SMILES string of the molecule is COc1cccc(NC(=O)CSc2n[nH]c(C3CC3)n2)c1. The molecule has 0 aliphatic heterocycles. The van der Waals surface area contributed by atoms with Crippen molar-refractivity contribution >= 4 is 23.4 Å². The molecule has 0 saturated heterocycles. The number of amides is 1. The molecule has 0 bridgehead atoms. The zero-order valence-electron chi connectivity index (χ0n) is 11.6. The molecule has 0 atom stereocenters. The zero-order chi connectivity index (χ0) is 14.7. The number of nitrogens with one attached hydrogen (secondary N) is 2. The Kier molecular flexibility index (Phi) is 4.10. The second-order valence-corrected chi connectivity index (χ2v) is 5.79. The summed E-state index contributed by atoms with van der Waals surface area (Å²) in [7, 11) is 1.59. The maximum Gasteiger partial charge on any atom is 0.234 e. The van der Waals surface area contributed by atoms with E-state index >= 15 is 0 Å². The number of rotatable bonds is 6. The van der Waals surface area contributed by atoms with Crippen molar-refractivity contribution in [1.29, 1.82) is 0 Å². The molecule has 0 spiro atoms. The van der Waals surface area contributed by atoms with E-state index in [4.69, 9.17) is 4.74 Å². The molecule has 1 aromatic carbocycles. The molecule has 6 nitrogen and oxygen atoms in total. The van der Waals surface area contributed by atoms with Gasteiger partial charge in [0, 0.05) is 17.7 Å². The Morgan fingerprint density at radius 2 is 2.38 bits per heavy atom. The first-order valence-electron chi connectivity index (χ1n) is 6.73. The van der Waals surface area contributed by atoms with E-state index in [1.165, 1.54) is 24.6 Å². The number of hydrogen-bond donors (Lipinski definition) is 2. The van der Waals surface area contributed by atoms with E-state index in [-0.39, 0.29) is 11.7 Å². The topological polar surface area (TPSA) is 79.9 Å². The van der Waals surface area contributed by atoms with Gasteiger partial charge in [0.05, 0.1) is 12.9 Å². The van der Waals surface area contributed by atoms with Gasteiger partial charge in [0.2, 0.25) is 11.1 Å². The molecule has 2 N–H and O–H groups in total. The summed E-state index contributed by atoms with van der Waals surface area (Å²) in [6.45, 7) is 0. The van der Waals surface area contributed by atoms with Crippen LogP contribution < -0.4 is 10.1 Å². The fourth-order valence-electron chi connectivity index (χ4n) is 1.89. The molecule has 1 aliphatic rings. The molecule has 2 aromatic rings. The van der Waals surface area contributed by atoms with Crippen molar-refractivity contribution in [3.63, 3.8) is 0 Å². The molecule has 1 fully saturated rings. The van der Waals surface area contributed by atoms with Crippen LogP contribution in [0.4, 0.5) is 5.69 Å². The van der Waals surface area contributed by atoms with Gasteiger partial charge in [0.1, 0.15) is 11.6 Å². The minimum Gasteiger partial charge on any atom is -0.497 e. The Bertz CT molecular complexity index is 639. The number of nitrogens with zero attached hydrogens (tertiary/aromatic N) is 2. The molecule has 0 radical (unpaired) electrons. The van der Waals surface area contributed by atoms with Crippen LogP contribution in [0.15, 0.2) is 29.4 Å². The smallest absolute Gasteiger partial charge is 0.234 e. The summed E-state index contributed by atoms with van der Waals surface area (Å²) < 4.78 is 5.12. The first-order chi connectivity index (χ1) is 10.2. The average molecular weight is 304 g/mol. The van der Waals surface area contributed by atoms with Crippen LogP contribution in [0, 0.1) is 0 Å². The number of aromatic amines is 1. The van der Waals surface area contributed by atoms with E-state index in [9.17, 15) is 4.79 Å². The number of methoxy groups -OCH3 is 1. The molecule has 3 rings (SSSR count). The van der Waals surface area contributed by atoms with Gasteiger partial charge in [-0.1, -0.05) is 17.8 Å². The maximum atomic E-state index is 11.9. The van der Waals surface area contributed by atoms with E-state index in [2.05, 4.69) is 20.5 Å². The highest BCUT2D eigenvalue weighted by atomic mass is 32.2. The summed E-state index contributed by atoms with van der Waals surface area (Å²) in [5, 5.41) is 10.5. The van der Waals surface area contributed by atoms with E-state index < -0.39 is 0 Å². The molecule has 1 saturated carbocycles. The van der Waals surface area contributed by atoms with Crippen molar-refractivity contribution in [2.75, 3.05) is 18.2 Å². The van der Waals surface area contributed by atoms with Gasteiger partial charge in [-0.2, -0.15) is 0 Å². The van der Waals surface area contributed by atoms with Crippen molar-refractivity contribution in [3.8, 4) is 5.75 Å². The standard InChI is InChI=1S/C14H16N4O2S/c1-20-11-4-2-3-10(7-11)15-12(19)8-21-14-16-13(17-18-14)9-5-6-9/h2-4,7,9H,5-6,8H2,1H3,(H,15,19)(H,16,17,18). The van der Waals surface area contributed by atoms with E-state index in [0.717, 1.165) is 5.82 Å². The van der Waals surface area contributed by atoms with Gasteiger partial charge in [0.15, 0.2) is 0 Å². The van der Waals surface area contributed by atoms with Crippen LogP contribution >= 0.6 is 11.8 Å². The number of carbonyl (C=O) groups is 1. The largest absolute Gasteiger partial charge is 0.497 e. The predicted octanol–water partition coefficient (Wildman–Crippen LogP) is 2.42. The van der Waals surface area contributed by atoms with Gasteiger partial charge in [-0.15, -0.1) is 5.10 Å². The molecular weight excluding hydrogens is 288 g/mol. The van der Waals surface area contributed by atoms with Gasteiger partial charge in [0.25, 0.3) is 0 Å². The predicted molar refractivity (Wildman–Crippen MR) is 80.7 cm³/mol. The van der Waals surface area contributed by atoms with Crippen LogP contribution in [-0.2, 0) is 4.79 Å². The third-order valence-corrected chi connectivity index (χ3v) is 3.98. The summed E-state index contributed by atoms with van der Waals surface area (Å²) in [5.74, 6) is 2.37. The molecule has 1 aliphatic carbocycles. The lowest BCUT2D eigenvalue weighted by Crippen LogP contribution is -2.14. The number of ether oxygens (including phenoxy) is 1. The monoisotopic (exact) mass is 304 g/mol. The fourth-order valence-corrected chi connectivity index (χ4v) is 2.50. The summed E-state index contributed by atoms with van der Waals surface area (Å²) >= 11 is 1.33. The highest BCUT2D eigenvalue weighted by Crippen LogP contribution is 2.38. The van der Waals surface area contributed by atoms with Crippen LogP contribution in [0.25, 0.3) is 0 Å². The molecular formula is C14H16N4O2S. The van der Waals surface area contributed by atoms with Crippen LogP contribution in [0.5, 0.6) is 5.75 Å². The van der Waals surface area contributed by atoms with Gasteiger partial charge in [-0.25, -0.2) is 4.98 Å². The summed E-state index contributed by atoms with van der Waals surface area (Å²) in [4.78, 5) is 16.3. The van der Waals surface area contributed by atoms with E-state index in [1.54, 1.807) is 13.2 Å². The lowest BCUT2D eigenvalue weighted by atomic mass is 10.3. The number of benzene rings is 1. The number of aromatic nitrogens is 3. The Morgan fingerprint density at radius 1 is 1.52 bits per heavy atom. The van der Waals surface area contributed by atoms with Gasteiger partial charge in [-0.05, 0) is 25.0 Å². The van der Waals surface area contributed by atoms with Crippen LogP contribution in [0.1, 0.15) is 24.6 Å². The van der Waals surface area contributed by atoms with Crippen molar-refractivity contribution in [2.45, 2.75) is 23.9 Å². The van der Waals surface area contributed by atoms with Crippen molar-refractivity contribution in [2.24, 2.45) is 0 Å². The number of H-pyrrole nitrogens is 1. The number of hydrogen-bond acceptors (Lipinski definition) is 5. The quantitative estimate of drug-likeness (QED) is 0.801. The van der Waals surface area contributed by atoms with Crippen LogP contribution in [0.3, 0.4) is 0 Å². The third-order valence-electron chi connectivity index (χ3n) is 3.13. The minimum absolute atomic E-state index is 0.0916. The van der Waals surface area contributed by atoms with Crippen molar-refractivity contribution < 1.29 is 9.53 Å². The maximum absolute atomic E-state index is 11.9. The van der Waals surface area contributed by atoms with Gasteiger partial charge in [-0.3, -0.25) is 9.89 Å². The molecule has 110 valence electrons. The molecule has 1 aromatic heterocycles. The molecule has 1 heterocycles. The number of carbonyl (C=O) groups excluding carboxylic acids is 1.